The normalized spacial score (nSPS) is 18.2. The number of thioether (sulfide) groups is 2. The Kier molecular flexibility index (Phi) is 6.24. The number of hydrogen-bond acceptors (Lipinski definition) is 5. The molecule has 1 unspecified atom stereocenters. The number of carbonyl (C=O) groups excluding carboxylic acids is 1. The number of urea groups is 1. The minimum Gasteiger partial charge on any atom is -0.476 e. The number of nitrogens with one attached hydrogen (secondary N) is 2. The minimum atomic E-state index is -1.05. The van der Waals surface area contributed by atoms with Crippen LogP contribution in [0.15, 0.2) is 12.5 Å². The van der Waals surface area contributed by atoms with Gasteiger partial charge in [-0.15, -0.1) is 0 Å². The van der Waals surface area contributed by atoms with Crippen LogP contribution in [0, 0.1) is 0 Å². The van der Waals surface area contributed by atoms with Gasteiger partial charge in [0.1, 0.15) is 0 Å². The second-order valence-electron chi connectivity index (χ2n) is 4.51. The summed E-state index contributed by atoms with van der Waals surface area (Å²) in [5, 5.41) is 14.8. The van der Waals surface area contributed by atoms with Crippen molar-refractivity contribution >= 4 is 35.5 Å². The van der Waals surface area contributed by atoms with Gasteiger partial charge in [-0.25, -0.2) is 14.6 Å². The number of rotatable bonds is 6. The van der Waals surface area contributed by atoms with Gasteiger partial charge in [-0.3, -0.25) is 0 Å². The van der Waals surface area contributed by atoms with Crippen LogP contribution in [0.4, 0.5) is 4.79 Å². The van der Waals surface area contributed by atoms with Gasteiger partial charge in [0.2, 0.25) is 0 Å². The third kappa shape index (κ3) is 5.50. The van der Waals surface area contributed by atoms with Gasteiger partial charge in [0.05, 0.1) is 6.33 Å². The molecule has 1 atom stereocenters. The maximum atomic E-state index is 11.6. The molecule has 2 heterocycles. The molecule has 1 fully saturated rings. The van der Waals surface area contributed by atoms with Crippen LogP contribution >= 0.6 is 23.5 Å². The highest BCUT2D eigenvalue weighted by Gasteiger charge is 2.14. The molecule has 1 saturated heterocycles. The molecule has 1 aliphatic heterocycles. The lowest BCUT2D eigenvalue weighted by atomic mass is 10.4. The third-order valence-electron chi connectivity index (χ3n) is 2.88. The first-order chi connectivity index (χ1) is 10.1. The van der Waals surface area contributed by atoms with E-state index in [1.54, 1.807) is 4.57 Å². The van der Waals surface area contributed by atoms with E-state index in [1.807, 2.05) is 23.5 Å². The lowest BCUT2D eigenvalue weighted by Gasteiger charge is -2.21. The minimum absolute atomic E-state index is 0.00581. The Morgan fingerprint density at radius 2 is 2.29 bits per heavy atom. The molecule has 1 aromatic heterocycles. The molecule has 2 rings (SSSR count). The van der Waals surface area contributed by atoms with Gasteiger partial charge in [0.15, 0.2) is 5.69 Å². The number of aromatic carboxylic acids is 1. The second kappa shape index (κ2) is 8.18. The average molecular weight is 330 g/mol. The van der Waals surface area contributed by atoms with Crippen molar-refractivity contribution in [1.29, 1.82) is 0 Å². The molecule has 0 radical (unpaired) electrons. The molecule has 1 aromatic rings. The highest BCUT2D eigenvalue weighted by atomic mass is 32.2. The molecule has 21 heavy (non-hydrogen) atoms. The van der Waals surface area contributed by atoms with Gasteiger partial charge in [-0.2, -0.15) is 23.5 Å². The Hall–Kier alpha value is -1.35. The van der Waals surface area contributed by atoms with E-state index in [0.717, 1.165) is 11.5 Å². The second-order valence-corrected chi connectivity index (χ2v) is 7.06. The Bertz CT molecular complexity index is 489. The summed E-state index contributed by atoms with van der Waals surface area (Å²) in [4.78, 5) is 26.0. The Balaban J connectivity index is 1.61. The van der Waals surface area contributed by atoms with E-state index in [9.17, 15) is 9.59 Å². The first-order valence-electron chi connectivity index (χ1n) is 6.61. The van der Waals surface area contributed by atoms with Crippen LogP contribution in [0.1, 0.15) is 10.5 Å². The van der Waals surface area contributed by atoms with Crippen molar-refractivity contribution in [3.05, 3.63) is 18.2 Å². The van der Waals surface area contributed by atoms with Gasteiger partial charge in [0, 0.05) is 48.3 Å². The van der Waals surface area contributed by atoms with Crippen LogP contribution in [-0.2, 0) is 6.54 Å². The molecular weight excluding hydrogens is 312 g/mol. The molecule has 7 nitrogen and oxygen atoms in total. The van der Waals surface area contributed by atoms with Gasteiger partial charge in [-0.1, -0.05) is 0 Å². The number of imidazole rings is 1. The predicted octanol–water partition coefficient (Wildman–Crippen LogP) is 0.729. The van der Waals surface area contributed by atoms with Crippen LogP contribution < -0.4 is 10.6 Å². The standard InChI is InChI=1S/C12H18N4O3S2/c17-11(18)10-6-16(8-15-10)2-1-13-12(19)14-5-9-7-20-3-4-21-9/h6,8-9H,1-5,7H2,(H,17,18)(H2,13,14,19). The van der Waals surface area contributed by atoms with Crippen molar-refractivity contribution < 1.29 is 14.7 Å². The zero-order chi connectivity index (χ0) is 15.1. The molecule has 0 aromatic carbocycles. The summed E-state index contributed by atoms with van der Waals surface area (Å²) < 4.78 is 1.64. The number of nitrogens with zero attached hydrogens (tertiary/aromatic N) is 2. The van der Waals surface area contributed by atoms with Crippen molar-refractivity contribution in [3.63, 3.8) is 0 Å². The highest BCUT2D eigenvalue weighted by molar-refractivity contribution is 8.06. The lowest BCUT2D eigenvalue weighted by Crippen LogP contribution is -2.41. The maximum absolute atomic E-state index is 11.6. The van der Waals surface area contributed by atoms with Crippen LogP contribution in [0.25, 0.3) is 0 Å². The number of carboxylic acid groups (broad SMARTS) is 1. The van der Waals surface area contributed by atoms with Crippen LogP contribution in [0.3, 0.4) is 0 Å². The summed E-state index contributed by atoms with van der Waals surface area (Å²) in [5.41, 5.74) is 0.00581. The summed E-state index contributed by atoms with van der Waals surface area (Å²) in [6.45, 7) is 1.59. The van der Waals surface area contributed by atoms with Crippen LogP contribution in [-0.4, -0.2) is 62.3 Å². The molecule has 2 amide bonds. The van der Waals surface area contributed by atoms with E-state index < -0.39 is 5.97 Å². The fraction of sp³-hybridized carbons (Fsp3) is 0.583. The van der Waals surface area contributed by atoms with Crippen molar-refractivity contribution in [1.82, 2.24) is 20.2 Å². The van der Waals surface area contributed by atoms with Crippen LogP contribution in [0.5, 0.6) is 0 Å². The summed E-state index contributed by atoms with van der Waals surface area (Å²) in [6.07, 6.45) is 2.89. The number of aromatic nitrogens is 2. The summed E-state index contributed by atoms with van der Waals surface area (Å²) >= 11 is 3.82. The maximum Gasteiger partial charge on any atom is 0.356 e. The molecule has 0 saturated carbocycles. The van der Waals surface area contributed by atoms with E-state index in [2.05, 4.69) is 15.6 Å². The Morgan fingerprint density at radius 1 is 1.43 bits per heavy atom. The summed E-state index contributed by atoms with van der Waals surface area (Å²) in [5.74, 6) is 2.36. The smallest absolute Gasteiger partial charge is 0.356 e. The molecule has 0 bridgehead atoms. The largest absolute Gasteiger partial charge is 0.476 e. The zero-order valence-electron chi connectivity index (χ0n) is 11.4. The van der Waals surface area contributed by atoms with Crippen molar-refractivity contribution in [2.45, 2.75) is 11.8 Å². The third-order valence-corrected chi connectivity index (χ3v) is 5.73. The summed E-state index contributed by atoms with van der Waals surface area (Å²) in [6, 6.07) is -0.190. The SMILES string of the molecule is O=C(NCCn1cnc(C(=O)O)c1)NCC1CSCCS1. The average Bonchev–Trinajstić information content (AvgIpc) is 2.95. The fourth-order valence-electron chi connectivity index (χ4n) is 1.81. The highest BCUT2D eigenvalue weighted by Crippen LogP contribution is 2.23. The van der Waals surface area contributed by atoms with Gasteiger partial charge >= 0.3 is 12.0 Å². The lowest BCUT2D eigenvalue weighted by molar-refractivity contribution is 0.0691. The molecule has 3 N–H and O–H groups in total. The molecule has 0 aliphatic carbocycles. The van der Waals surface area contributed by atoms with Crippen molar-refractivity contribution in [3.8, 4) is 0 Å². The molecule has 9 heteroatoms. The molecular formula is C12H18N4O3S2. The number of amides is 2. The zero-order valence-corrected chi connectivity index (χ0v) is 13.1. The van der Waals surface area contributed by atoms with Crippen LogP contribution in [0.2, 0.25) is 0 Å². The topological polar surface area (TPSA) is 96.2 Å². The van der Waals surface area contributed by atoms with Gasteiger partial charge < -0.3 is 20.3 Å². The number of carbonyl (C=O) groups is 2. The first-order valence-corrected chi connectivity index (χ1v) is 8.81. The van der Waals surface area contributed by atoms with E-state index in [-0.39, 0.29) is 11.7 Å². The van der Waals surface area contributed by atoms with E-state index in [4.69, 9.17) is 5.11 Å². The van der Waals surface area contributed by atoms with E-state index in [0.29, 0.717) is 24.9 Å². The Labute approximate surface area is 131 Å². The molecule has 116 valence electrons. The molecule has 0 spiro atoms. The number of carboxylic acids is 1. The number of hydrogen-bond donors (Lipinski definition) is 3. The van der Waals surface area contributed by atoms with Gasteiger partial charge in [-0.05, 0) is 0 Å². The van der Waals surface area contributed by atoms with Crippen molar-refractivity contribution in [2.75, 3.05) is 30.3 Å². The quantitative estimate of drug-likeness (QED) is 0.711. The van der Waals surface area contributed by atoms with E-state index >= 15 is 0 Å². The molecule has 1 aliphatic rings. The predicted molar refractivity (Wildman–Crippen MR) is 84.2 cm³/mol. The first kappa shape index (κ1) is 16.0. The monoisotopic (exact) mass is 330 g/mol. The fourth-order valence-corrected chi connectivity index (χ4v) is 4.43. The van der Waals surface area contributed by atoms with Gasteiger partial charge in [0.25, 0.3) is 0 Å². The summed E-state index contributed by atoms with van der Waals surface area (Å²) in [7, 11) is 0. The van der Waals surface area contributed by atoms with E-state index in [1.165, 1.54) is 18.3 Å². The Morgan fingerprint density at radius 3 is 2.95 bits per heavy atom. The van der Waals surface area contributed by atoms with Crippen molar-refractivity contribution in [2.24, 2.45) is 0 Å².